The van der Waals surface area contributed by atoms with E-state index in [0.29, 0.717) is 23.3 Å². The Morgan fingerprint density at radius 3 is 1.30 bits per heavy atom. The van der Waals surface area contributed by atoms with Gasteiger partial charge < -0.3 is 0 Å². The van der Waals surface area contributed by atoms with E-state index in [0.717, 1.165) is 55.9 Å². The molecule has 2 aliphatic carbocycles. The van der Waals surface area contributed by atoms with Crippen LogP contribution in [0.4, 0.5) is 0 Å². The van der Waals surface area contributed by atoms with Crippen LogP contribution in [-0.4, -0.2) is 24.9 Å². The third-order valence-electron chi connectivity index (χ3n) is 14.7. The van der Waals surface area contributed by atoms with Crippen LogP contribution in [0, 0.1) is 0 Å². The molecule has 5 heteroatoms. The topological polar surface area (TPSA) is 64.5 Å². The van der Waals surface area contributed by atoms with E-state index in [4.69, 9.17) is 24.9 Å². The quantitative estimate of drug-likeness (QED) is 0.159. The minimum Gasteiger partial charge on any atom is -0.228 e. The predicted octanol–water partition coefficient (Wildman–Crippen LogP) is 16.1. The van der Waals surface area contributed by atoms with Gasteiger partial charge in [-0.25, -0.2) is 24.9 Å². The Hall–Kier alpha value is -8.67. The smallest absolute Gasteiger partial charge is 0.164 e. The van der Waals surface area contributed by atoms with E-state index in [1.165, 1.54) is 55.3 Å². The highest BCUT2D eigenvalue weighted by molar-refractivity contribution is 5.94. The van der Waals surface area contributed by atoms with Gasteiger partial charge in [0.15, 0.2) is 23.3 Å². The Bertz CT molecular complexity index is 3890. The van der Waals surface area contributed by atoms with Crippen LogP contribution in [0.5, 0.6) is 0 Å². The van der Waals surface area contributed by atoms with Gasteiger partial charge >= 0.3 is 0 Å². The third-order valence-corrected chi connectivity index (χ3v) is 14.7. The van der Waals surface area contributed by atoms with Crippen molar-refractivity contribution in [2.24, 2.45) is 0 Å². The van der Waals surface area contributed by atoms with Crippen molar-refractivity contribution in [1.29, 1.82) is 0 Å². The molecular formula is C65H47N5. The summed E-state index contributed by atoms with van der Waals surface area (Å²) in [4.78, 5) is 26.0. The predicted molar refractivity (Wildman–Crippen MR) is 286 cm³/mol. The van der Waals surface area contributed by atoms with Gasteiger partial charge in [-0.15, -0.1) is 0 Å². The maximum absolute atomic E-state index is 5.25. The van der Waals surface area contributed by atoms with Crippen molar-refractivity contribution >= 4 is 10.8 Å². The van der Waals surface area contributed by atoms with Crippen LogP contribution in [0.25, 0.3) is 112 Å². The number of aromatic nitrogens is 5. The van der Waals surface area contributed by atoms with Gasteiger partial charge in [0.2, 0.25) is 0 Å². The number of benzene rings is 9. The number of rotatable bonds is 7. The van der Waals surface area contributed by atoms with Gasteiger partial charge in [0.25, 0.3) is 0 Å². The van der Waals surface area contributed by atoms with Crippen molar-refractivity contribution in [2.75, 3.05) is 0 Å². The lowest BCUT2D eigenvalue weighted by Gasteiger charge is -2.22. The molecule has 5 nitrogen and oxygen atoms in total. The molecule has 0 N–H and O–H groups in total. The lowest BCUT2D eigenvalue weighted by Crippen LogP contribution is -2.15. The van der Waals surface area contributed by atoms with Crippen molar-refractivity contribution in [3.8, 4) is 101 Å². The molecule has 0 amide bonds. The van der Waals surface area contributed by atoms with E-state index in [-0.39, 0.29) is 10.8 Å². The van der Waals surface area contributed by atoms with Crippen molar-refractivity contribution < 1.29 is 0 Å². The molecule has 0 fully saturated rings. The van der Waals surface area contributed by atoms with Crippen molar-refractivity contribution in [3.63, 3.8) is 0 Å². The minimum atomic E-state index is -0.177. The Morgan fingerprint density at radius 2 is 0.643 bits per heavy atom. The average molecular weight is 898 g/mol. The van der Waals surface area contributed by atoms with Crippen molar-refractivity contribution in [3.05, 3.63) is 235 Å². The van der Waals surface area contributed by atoms with E-state index in [1.807, 2.05) is 36.4 Å². The lowest BCUT2D eigenvalue weighted by molar-refractivity contribution is 0.660. The number of fused-ring (bicyclic) bond motifs is 7. The summed E-state index contributed by atoms with van der Waals surface area (Å²) in [7, 11) is 0. The summed E-state index contributed by atoms with van der Waals surface area (Å²) in [5.74, 6) is 2.58. The first-order chi connectivity index (χ1) is 34.2. The molecule has 0 unspecified atom stereocenters. The van der Waals surface area contributed by atoms with Crippen LogP contribution in [0.2, 0.25) is 0 Å². The van der Waals surface area contributed by atoms with E-state index in [1.54, 1.807) is 0 Å². The van der Waals surface area contributed by atoms with Crippen LogP contribution in [-0.2, 0) is 10.8 Å². The molecule has 2 aromatic heterocycles. The fourth-order valence-electron chi connectivity index (χ4n) is 10.9. The molecule has 0 radical (unpaired) electrons. The largest absolute Gasteiger partial charge is 0.228 e. The zero-order valence-corrected chi connectivity index (χ0v) is 39.4. The Labute approximate surface area is 408 Å². The molecule has 70 heavy (non-hydrogen) atoms. The van der Waals surface area contributed by atoms with Crippen LogP contribution >= 0.6 is 0 Å². The van der Waals surface area contributed by atoms with E-state index in [2.05, 4.69) is 204 Å². The Morgan fingerprint density at radius 1 is 0.243 bits per heavy atom. The molecular weight excluding hydrogens is 851 g/mol. The van der Waals surface area contributed by atoms with Crippen LogP contribution in [0.3, 0.4) is 0 Å². The van der Waals surface area contributed by atoms with Gasteiger partial charge in [0, 0.05) is 44.2 Å². The van der Waals surface area contributed by atoms with Gasteiger partial charge in [-0.2, -0.15) is 0 Å². The van der Waals surface area contributed by atoms with Crippen molar-refractivity contribution in [2.45, 2.75) is 38.5 Å². The second-order valence-corrected chi connectivity index (χ2v) is 19.7. The molecule has 0 spiro atoms. The SMILES string of the molecule is CC1(C)c2ccccc2-c2ccc(-c3nc(-c4ccccc4)nc(-c4cccc(-c5cccc(-c6cc(-c7ccc8c(c7)C(C)(C)c7cc9ccccc9cc7-8)nc(-c7ccccc7)n6)c5)c4)n3)cc21. The van der Waals surface area contributed by atoms with Crippen LogP contribution in [0.1, 0.15) is 49.9 Å². The minimum absolute atomic E-state index is 0.151. The number of hydrogen-bond acceptors (Lipinski definition) is 5. The highest BCUT2D eigenvalue weighted by Gasteiger charge is 2.37. The van der Waals surface area contributed by atoms with Crippen LogP contribution in [0.15, 0.2) is 212 Å². The average Bonchev–Trinajstić information content (AvgIpc) is 3.78. The normalized spacial score (nSPS) is 13.7. The number of hydrogen-bond donors (Lipinski definition) is 0. The molecule has 13 rings (SSSR count). The molecule has 332 valence electrons. The zero-order chi connectivity index (χ0) is 47.1. The monoisotopic (exact) mass is 897 g/mol. The first-order valence-corrected chi connectivity index (χ1v) is 24.1. The zero-order valence-electron chi connectivity index (χ0n) is 39.4. The first kappa shape index (κ1) is 41.5. The molecule has 0 aliphatic heterocycles. The maximum Gasteiger partial charge on any atom is 0.164 e. The summed E-state index contributed by atoms with van der Waals surface area (Å²) in [5.41, 5.74) is 19.8. The number of nitrogens with zero attached hydrogens (tertiary/aromatic N) is 5. The third kappa shape index (κ3) is 6.88. The van der Waals surface area contributed by atoms with Crippen LogP contribution < -0.4 is 0 Å². The molecule has 0 bridgehead atoms. The molecule has 2 heterocycles. The summed E-state index contributed by atoms with van der Waals surface area (Å²) in [6.07, 6.45) is 0. The summed E-state index contributed by atoms with van der Waals surface area (Å²) in [6, 6.07) is 75.4. The standard InChI is InChI=1S/C65H47N5/c1-64(2)54-28-14-13-27-50(54)51-32-30-49(38-56(51)64)63-69-61(41-19-9-6-10-20-41)68-62(70-63)48-26-16-24-43(34-48)42-23-15-25-46(33-42)58-39-59(67-60(66-58)40-17-7-5-8-18-40)47-29-31-52-53-35-44-21-11-12-22-45(44)36-57(53)65(3,4)55(52)37-47/h5-39H,1-4H3. The fraction of sp³-hybridized carbons (Fsp3) is 0.0923. The molecule has 0 atom stereocenters. The Balaban J connectivity index is 0.886. The molecule has 11 aromatic rings. The van der Waals surface area contributed by atoms with Gasteiger partial charge in [-0.05, 0) is 109 Å². The highest BCUT2D eigenvalue weighted by Crippen LogP contribution is 2.52. The molecule has 2 aliphatic rings. The molecule has 0 saturated heterocycles. The van der Waals surface area contributed by atoms with Gasteiger partial charge in [0.1, 0.15) is 0 Å². The molecule has 9 aromatic carbocycles. The summed E-state index contributed by atoms with van der Waals surface area (Å²) >= 11 is 0. The second kappa shape index (κ2) is 16.0. The van der Waals surface area contributed by atoms with E-state index < -0.39 is 0 Å². The highest BCUT2D eigenvalue weighted by atomic mass is 15.0. The second-order valence-electron chi connectivity index (χ2n) is 19.7. The van der Waals surface area contributed by atoms with Gasteiger partial charge in [-0.3, -0.25) is 0 Å². The summed E-state index contributed by atoms with van der Waals surface area (Å²) in [6.45, 7) is 9.29. The first-order valence-electron chi connectivity index (χ1n) is 24.1. The Kier molecular flexibility index (Phi) is 9.47. The summed E-state index contributed by atoms with van der Waals surface area (Å²) < 4.78 is 0. The molecule has 0 saturated carbocycles. The van der Waals surface area contributed by atoms with E-state index in [9.17, 15) is 0 Å². The maximum atomic E-state index is 5.25. The van der Waals surface area contributed by atoms with E-state index >= 15 is 0 Å². The summed E-state index contributed by atoms with van der Waals surface area (Å²) in [5, 5.41) is 2.53. The lowest BCUT2D eigenvalue weighted by atomic mass is 9.81. The fourth-order valence-corrected chi connectivity index (χ4v) is 10.9. The van der Waals surface area contributed by atoms with Gasteiger partial charge in [-0.1, -0.05) is 198 Å². The van der Waals surface area contributed by atoms with Gasteiger partial charge in [0.05, 0.1) is 11.4 Å². The van der Waals surface area contributed by atoms with Crippen molar-refractivity contribution in [1.82, 2.24) is 24.9 Å².